The van der Waals surface area contributed by atoms with Gasteiger partial charge in [-0.05, 0) is 18.3 Å². The van der Waals surface area contributed by atoms with Gasteiger partial charge in [0.1, 0.15) is 5.76 Å². The zero-order chi connectivity index (χ0) is 7.56. The van der Waals surface area contributed by atoms with Gasteiger partial charge < -0.3 is 9.52 Å². The summed E-state index contributed by atoms with van der Waals surface area (Å²) in [7, 11) is 0. The van der Waals surface area contributed by atoms with E-state index in [1.165, 1.54) is 6.26 Å². The van der Waals surface area contributed by atoms with Crippen LogP contribution in [0.1, 0.15) is 18.2 Å². The molecule has 0 unspecified atom stereocenters. The number of hydrogen-bond donors (Lipinski definition) is 1. The summed E-state index contributed by atoms with van der Waals surface area (Å²) in [4.78, 5) is 0. The Morgan fingerprint density at radius 1 is 1.80 bits per heavy atom. The van der Waals surface area contributed by atoms with Gasteiger partial charge in [-0.1, -0.05) is 6.92 Å². The summed E-state index contributed by atoms with van der Waals surface area (Å²) in [5, 5.41) is 8.80. The second kappa shape index (κ2) is 2.84. The number of aryl methyl sites for hydroxylation is 1. The van der Waals surface area contributed by atoms with Gasteiger partial charge in [-0.25, -0.2) is 0 Å². The Balaban J connectivity index is 3.01. The van der Waals surface area contributed by atoms with Crippen LogP contribution in [0, 0.1) is 0 Å². The van der Waals surface area contributed by atoms with E-state index in [1.807, 2.05) is 6.92 Å². The Hall–Kier alpha value is -0.830. The third-order valence-corrected chi connectivity index (χ3v) is 1.52. The van der Waals surface area contributed by atoms with Crippen LogP contribution in [0.5, 0.6) is 0 Å². The zero-order valence-corrected chi connectivity index (χ0v) is 6.44. The number of rotatable bonds is 2. The summed E-state index contributed by atoms with van der Waals surface area (Å²) < 4.78 is 5.03. The second-order valence-electron chi connectivity index (χ2n) is 1.92. The average Bonchev–Trinajstić information content (AvgIpc) is 2.33. The molecule has 0 aliphatic carbocycles. The van der Waals surface area contributed by atoms with Crippen LogP contribution in [0.4, 0.5) is 0 Å². The lowest BCUT2D eigenvalue weighted by Crippen LogP contribution is -1.95. The van der Waals surface area contributed by atoms with Gasteiger partial charge in [0.05, 0.1) is 11.8 Å². The number of furan rings is 1. The molecule has 1 heterocycles. The number of thiocarbonyl (C=S) groups is 1. The number of hydrogen-bond acceptors (Lipinski definition) is 2. The minimum atomic E-state index is -0.0920. The van der Waals surface area contributed by atoms with E-state index >= 15 is 0 Å². The minimum Gasteiger partial charge on any atom is -0.498 e. The molecule has 0 aromatic carbocycles. The molecule has 0 bridgehead atoms. The van der Waals surface area contributed by atoms with Gasteiger partial charge in [0.15, 0.2) is 5.05 Å². The van der Waals surface area contributed by atoms with Crippen molar-refractivity contribution < 1.29 is 9.52 Å². The molecular weight excluding hydrogens is 148 g/mol. The maximum Gasteiger partial charge on any atom is 0.192 e. The fourth-order valence-corrected chi connectivity index (χ4v) is 0.987. The van der Waals surface area contributed by atoms with E-state index in [0.717, 1.165) is 12.2 Å². The van der Waals surface area contributed by atoms with E-state index < -0.39 is 0 Å². The predicted octanol–water partition coefficient (Wildman–Crippen LogP) is 2.08. The van der Waals surface area contributed by atoms with Crippen molar-refractivity contribution in [1.29, 1.82) is 0 Å². The molecule has 0 amide bonds. The van der Waals surface area contributed by atoms with Crippen LogP contribution in [0.2, 0.25) is 0 Å². The normalized spacial score (nSPS) is 9.70. The van der Waals surface area contributed by atoms with Crippen molar-refractivity contribution in [3.05, 3.63) is 23.7 Å². The Bertz CT molecular complexity index is 240. The van der Waals surface area contributed by atoms with Crippen LogP contribution in [-0.2, 0) is 6.42 Å². The quantitative estimate of drug-likeness (QED) is 0.665. The molecule has 0 spiro atoms. The first kappa shape index (κ1) is 7.28. The molecule has 0 aliphatic heterocycles. The Labute approximate surface area is 64.5 Å². The number of aliphatic hydroxyl groups excluding tert-OH is 1. The molecule has 0 saturated carbocycles. The third kappa shape index (κ3) is 1.19. The largest absolute Gasteiger partial charge is 0.498 e. The summed E-state index contributed by atoms with van der Waals surface area (Å²) in [6, 6.07) is 1.67. The molecule has 0 saturated heterocycles. The molecule has 1 aromatic rings. The van der Waals surface area contributed by atoms with E-state index in [9.17, 15) is 0 Å². The second-order valence-corrected chi connectivity index (χ2v) is 2.30. The maximum atomic E-state index is 8.90. The first-order valence-corrected chi connectivity index (χ1v) is 3.46. The van der Waals surface area contributed by atoms with Crippen molar-refractivity contribution in [3.63, 3.8) is 0 Å². The van der Waals surface area contributed by atoms with E-state index in [-0.39, 0.29) is 5.05 Å². The van der Waals surface area contributed by atoms with Crippen LogP contribution in [0.3, 0.4) is 0 Å². The lowest BCUT2D eigenvalue weighted by molar-refractivity contribution is 0.510. The smallest absolute Gasteiger partial charge is 0.192 e. The Morgan fingerprint density at radius 2 is 2.50 bits per heavy atom. The first-order valence-electron chi connectivity index (χ1n) is 3.05. The molecule has 2 nitrogen and oxygen atoms in total. The van der Waals surface area contributed by atoms with Crippen LogP contribution < -0.4 is 0 Å². The topological polar surface area (TPSA) is 33.4 Å². The summed E-state index contributed by atoms with van der Waals surface area (Å²) in [5.74, 6) is 0.743. The monoisotopic (exact) mass is 156 g/mol. The fourth-order valence-electron chi connectivity index (χ4n) is 0.805. The van der Waals surface area contributed by atoms with Gasteiger partial charge in [0.2, 0.25) is 0 Å². The molecule has 1 rings (SSSR count). The lowest BCUT2D eigenvalue weighted by atomic mass is 10.2. The highest BCUT2D eigenvalue weighted by Crippen LogP contribution is 2.10. The standard InChI is InChI=1S/C7H8O2S/c1-2-6-5(7(8)10)3-4-9-6/h3-4H,2H2,1H3,(H,8,10). The van der Waals surface area contributed by atoms with Crippen molar-refractivity contribution in [2.75, 3.05) is 0 Å². The van der Waals surface area contributed by atoms with Crippen LogP contribution in [0.25, 0.3) is 0 Å². The van der Waals surface area contributed by atoms with Gasteiger partial charge in [0, 0.05) is 6.42 Å². The molecule has 1 aromatic heterocycles. The SMILES string of the molecule is CCc1occc1C(O)=S. The van der Waals surface area contributed by atoms with E-state index in [2.05, 4.69) is 12.2 Å². The average molecular weight is 156 g/mol. The fraction of sp³-hybridized carbons (Fsp3) is 0.286. The van der Waals surface area contributed by atoms with Gasteiger partial charge in [-0.2, -0.15) is 0 Å². The Morgan fingerprint density at radius 3 is 2.90 bits per heavy atom. The molecule has 3 heteroatoms. The van der Waals surface area contributed by atoms with Gasteiger partial charge >= 0.3 is 0 Å². The minimum absolute atomic E-state index is 0.0920. The molecule has 0 atom stereocenters. The first-order chi connectivity index (χ1) is 4.75. The molecular formula is C7H8O2S. The summed E-state index contributed by atoms with van der Waals surface area (Å²) >= 11 is 4.57. The molecule has 10 heavy (non-hydrogen) atoms. The highest BCUT2D eigenvalue weighted by molar-refractivity contribution is 7.80. The van der Waals surface area contributed by atoms with Crippen LogP contribution in [-0.4, -0.2) is 10.2 Å². The Kier molecular flexibility index (Phi) is 2.06. The van der Waals surface area contributed by atoms with Crippen molar-refractivity contribution >= 4 is 17.3 Å². The van der Waals surface area contributed by atoms with E-state index in [4.69, 9.17) is 9.52 Å². The van der Waals surface area contributed by atoms with Gasteiger partial charge in [0.25, 0.3) is 0 Å². The van der Waals surface area contributed by atoms with Crippen LogP contribution >= 0.6 is 12.2 Å². The molecule has 0 aliphatic rings. The maximum absolute atomic E-state index is 8.90. The molecule has 0 fully saturated rings. The predicted molar refractivity (Wildman–Crippen MR) is 42.4 cm³/mol. The van der Waals surface area contributed by atoms with E-state index in [0.29, 0.717) is 5.56 Å². The van der Waals surface area contributed by atoms with Crippen molar-refractivity contribution in [3.8, 4) is 0 Å². The van der Waals surface area contributed by atoms with Crippen molar-refractivity contribution in [1.82, 2.24) is 0 Å². The summed E-state index contributed by atoms with van der Waals surface area (Å²) in [6.45, 7) is 1.95. The summed E-state index contributed by atoms with van der Waals surface area (Å²) in [6.07, 6.45) is 2.28. The highest BCUT2D eigenvalue weighted by atomic mass is 32.1. The van der Waals surface area contributed by atoms with Crippen molar-refractivity contribution in [2.24, 2.45) is 0 Å². The lowest BCUT2D eigenvalue weighted by Gasteiger charge is -1.92. The zero-order valence-electron chi connectivity index (χ0n) is 5.63. The van der Waals surface area contributed by atoms with Crippen LogP contribution in [0.15, 0.2) is 16.7 Å². The van der Waals surface area contributed by atoms with Gasteiger partial charge in [-0.3, -0.25) is 0 Å². The van der Waals surface area contributed by atoms with E-state index in [1.54, 1.807) is 6.07 Å². The van der Waals surface area contributed by atoms with Crippen molar-refractivity contribution in [2.45, 2.75) is 13.3 Å². The molecule has 0 radical (unpaired) electrons. The highest BCUT2D eigenvalue weighted by Gasteiger charge is 2.06. The number of aliphatic hydroxyl groups is 1. The molecule has 54 valence electrons. The summed E-state index contributed by atoms with van der Waals surface area (Å²) in [5.41, 5.74) is 0.637. The molecule has 1 N–H and O–H groups in total. The van der Waals surface area contributed by atoms with Gasteiger partial charge in [-0.15, -0.1) is 0 Å². The third-order valence-electron chi connectivity index (χ3n) is 1.30.